The number of aromatic nitrogens is 1. The lowest BCUT2D eigenvalue weighted by Gasteiger charge is -2.19. The van der Waals surface area contributed by atoms with Crippen molar-refractivity contribution in [3.8, 4) is 0 Å². The Kier molecular flexibility index (Phi) is 5.63. The first-order valence-corrected chi connectivity index (χ1v) is 9.07. The van der Waals surface area contributed by atoms with E-state index < -0.39 is 0 Å². The minimum Gasteiger partial charge on any atom is -0.357 e. The number of hydrogen-bond acceptors (Lipinski definition) is 4. The topological polar surface area (TPSA) is 52.6 Å². The molecule has 2 aromatic heterocycles. The monoisotopic (exact) mass is 347 g/mol. The molecule has 128 valence electrons. The molecule has 0 radical (unpaired) electrons. The molecule has 1 saturated heterocycles. The van der Waals surface area contributed by atoms with Gasteiger partial charge in [0.25, 0.3) is 0 Å². The lowest BCUT2D eigenvalue weighted by molar-refractivity contribution is 0.612. The highest BCUT2D eigenvalue weighted by Crippen LogP contribution is 2.20. The third kappa shape index (κ3) is 4.23. The Balaban J connectivity index is 1.60. The van der Waals surface area contributed by atoms with Crippen LogP contribution in [0.4, 0.5) is 10.2 Å². The van der Waals surface area contributed by atoms with Crippen LogP contribution in [0.2, 0.25) is 0 Å². The predicted molar refractivity (Wildman–Crippen MR) is 97.1 cm³/mol. The van der Waals surface area contributed by atoms with Crippen LogP contribution in [0.25, 0.3) is 0 Å². The largest absolute Gasteiger partial charge is 0.357 e. The molecule has 1 atom stereocenters. The standard InChI is InChI=1S/C17H22FN5S/c1-2-19-17(21-11-14-5-4-10-24-14)22-13-7-9-23(12-13)16-15(18)6-3-8-20-16/h3-6,8,10,13H,2,7,9,11-12H2,1H3,(H2,19,21,22). The van der Waals surface area contributed by atoms with E-state index in [-0.39, 0.29) is 11.9 Å². The van der Waals surface area contributed by atoms with Crippen molar-refractivity contribution in [3.63, 3.8) is 0 Å². The molecular formula is C17H22FN5S. The Bertz CT molecular complexity index is 673. The number of nitrogens with zero attached hydrogens (tertiary/aromatic N) is 3. The van der Waals surface area contributed by atoms with E-state index in [1.807, 2.05) is 17.9 Å². The zero-order valence-electron chi connectivity index (χ0n) is 13.7. The van der Waals surface area contributed by atoms with Crippen LogP contribution in [0.1, 0.15) is 18.2 Å². The van der Waals surface area contributed by atoms with Crippen LogP contribution in [0.15, 0.2) is 40.8 Å². The summed E-state index contributed by atoms with van der Waals surface area (Å²) in [6.07, 6.45) is 2.56. The number of halogens is 1. The summed E-state index contributed by atoms with van der Waals surface area (Å²) in [4.78, 5) is 12.0. The van der Waals surface area contributed by atoms with Crippen LogP contribution < -0.4 is 15.5 Å². The van der Waals surface area contributed by atoms with E-state index in [1.165, 1.54) is 10.9 Å². The molecule has 1 unspecified atom stereocenters. The second-order valence-corrected chi connectivity index (χ2v) is 6.69. The van der Waals surface area contributed by atoms with E-state index in [4.69, 9.17) is 0 Å². The van der Waals surface area contributed by atoms with Gasteiger partial charge in [-0.15, -0.1) is 11.3 Å². The van der Waals surface area contributed by atoms with Crippen molar-refractivity contribution < 1.29 is 4.39 Å². The average molecular weight is 347 g/mol. The third-order valence-electron chi connectivity index (χ3n) is 3.89. The summed E-state index contributed by atoms with van der Waals surface area (Å²) in [5.41, 5.74) is 0. The molecule has 0 saturated carbocycles. The average Bonchev–Trinajstić information content (AvgIpc) is 3.25. The van der Waals surface area contributed by atoms with Gasteiger partial charge >= 0.3 is 0 Å². The fraction of sp³-hybridized carbons (Fsp3) is 0.412. The highest BCUT2D eigenvalue weighted by Gasteiger charge is 2.25. The number of anilines is 1. The Morgan fingerprint density at radius 3 is 3.12 bits per heavy atom. The van der Waals surface area contributed by atoms with E-state index in [0.29, 0.717) is 12.4 Å². The zero-order chi connectivity index (χ0) is 16.8. The van der Waals surface area contributed by atoms with Gasteiger partial charge in [0.2, 0.25) is 0 Å². The number of thiophene rings is 1. The Morgan fingerprint density at radius 1 is 1.46 bits per heavy atom. The summed E-state index contributed by atoms with van der Waals surface area (Å²) in [6, 6.07) is 7.42. The number of aliphatic imine (C=N–C) groups is 1. The Morgan fingerprint density at radius 2 is 2.38 bits per heavy atom. The molecule has 1 aliphatic heterocycles. The maximum absolute atomic E-state index is 13.9. The first-order valence-electron chi connectivity index (χ1n) is 8.19. The van der Waals surface area contributed by atoms with E-state index in [2.05, 4.69) is 32.1 Å². The van der Waals surface area contributed by atoms with Gasteiger partial charge in [-0.2, -0.15) is 0 Å². The molecule has 2 N–H and O–H groups in total. The fourth-order valence-corrected chi connectivity index (χ4v) is 3.38. The van der Waals surface area contributed by atoms with Crippen molar-refractivity contribution in [2.75, 3.05) is 24.5 Å². The molecule has 1 fully saturated rings. The zero-order valence-corrected chi connectivity index (χ0v) is 14.5. The molecule has 0 aromatic carbocycles. The van der Waals surface area contributed by atoms with Gasteiger partial charge in [-0.05, 0) is 36.9 Å². The first-order chi connectivity index (χ1) is 11.8. The van der Waals surface area contributed by atoms with Crippen molar-refractivity contribution >= 4 is 23.1 Å². The van der Waals surface area contributed by atoms with Gasteiger partial charge in [0.15, 0.2) is 17.6 Å². The Hall–Kier alpha value is -2.15. The van der Waals surface area contributed by atoms with Crippen molar-refractivity contribution in [1.82, 2.24) is 15.6 Å². The third-order valence-corrected chi connectivity index (χ3v) is 4.75. The maximum Gasteiger partial charge on any atom is 0.191 e. The van der Waals surface area contributed by atoms with Crippen molar-refractivity contribution in [3.05, 3.63) is 46.5 Å². The summed E-state index contributed by atoms with van der Waals surface area (Å²) < 4.78 is 13.9. The fourth-order valence-electron chi connectivity index (χ4n) is 2.75. The SMILES string of the molecule is CCNC(=NCc1cccs1)NC1CCN(c2ncccc2F)C1. The smallest absolute Gasteiger partial charge is 0.191 e. The lowest BCUT2D eigenvalue weighted by Crippen LogP contribution is -2.44. The van der Waals surface area contributed by atoms with Crippen LogP contribution in [0.5, 0.6) is 0 Å². The van der Waals surface area contributed by atoms with Crippen LogP contribution >= 0.6 is 11.3 Å². The van der Waals surface area contributed by atoms with Crippen LogP contribution in [-0.4, -0.2) is 36.6 Å². The minimum absolute atomic E-state index is 0.229. The van der Waals surface area contributed by atoms with Gasteiger partial charge in [0, 0.05) is 36.8 Å². The van der Waals surface area contributed by atoms with Gasteiger partial charge in [-0.25, -0.2) is 14.4 Å². The van der Waals surface area contributed by atoms with Crippen molar-refractivity contribution in [2.45, 2.75) is 25.9 Å². The van der Waals surface area contributed by atoms with Gasteiger partial charge in [-0.3, -0.25) is 0 Å². The van der Waals surface area contributed by atoms with Crippen molar-refractivity contribution in [1.29, 1.82) is 0 Å². The molecule has 5 nitrogen and oxygen atoms in total. The van der Waals surface area contributed by atoms with E-state index >= 15 is 0 Å². The summed E-state index contributed by atoms with van der Waals surface area (Å²) in [5, 5.41) is 8.78. The second kappa shape index (κ2) is 8.10. The molecule has 1 aliphatic rings. The van der Waals surface area contributed by atoms with Gasteiger partial charge < -0.3 is 15.5 Å². The molecule has 3 heterocycles. The molecule has 0 spiro atoms. The number of pyridine rings is 1. The van der Waals surface area contributed by atoms with Gasteiger partial charge in [0.1, 0.15) is 0 Å². The van der Waals surface area contributed by atoms with Crippen molar-refractivity contribution in [2.24, 2.45) is 4.99 Å². The van der Waals surface area contributed by atoms with Gasteiger partial charge in [-0.1, -0.05) is 6.07 Å². The summed E-state index contributed by atoms with van der Waals surface area (Å²) in [6.45, 7) is 5.03. The highest BCUT2D eigenvalue weighted by atomic mass is 32.1. The number of guanidine groups is 1. The second-order valence-electron chi connectivity index (χ2n) is 5.66. The Labute approximate surface area is 145 Å². The van der Waals surface area contributed by atoms with E-state index in [0.717, 1.165) is 32.0 Å². The van der Waals surface area contributed by atoms with E-state index in [1.54, 1.807) is 23.6 Å². The summed E-state index contributed by atoms with van der Waals surface area (Å²) >= 11 is 1.70. The number of nitrogens with one attached hydrogen (secondary N) is 2. The summed E-state index contributed by atoms with van der Waals surface area (Å²) in [5.74, 6) is 0.970. The molecule has 0 amide bonds. The van der Waals surface area contributed by atoms with Crippen LogP contribution in [-0.2, 0) is 6.54 Å². The number of rotatable bonds is 5. The summed E-state index contributed by atoms with van der Waals surface area (Å²) in [7, 11) is 0. The lowest BCUT2D eigenvalue weighted by atomic mass is 10.3. The minimum atomic E-state index is -0.267. The molecule has 0 aliphatic carbocycles. The van der Waals surface area contributed by atoms with E-state index in [9.17, 15) is 4.39 Å². The quantitative estimate of drug-likeness (QED) is 0.645. The normalized spacial score (nSPS) is 18.0. The molecule has 7 heteroatoms. The number of hydrogen-bond donors (Lipinski definition) is 2. The molecule has 2 aromatic rings. The molecule has 0 bridgehead atoms. The molecule has 24 heavy (non-hydrogen) atoms. The maximum atomic E-state index is 13.9. The van der Waals surface area contributed by atoms with Gasteiger partial charge in [0.05, 0.1) is 6.54 Å². The highest BCUT2D eigenvalue weighted by molar-refractivity contribution is 7.09. The first kappa shape index (κ1) is 16.7. The molecular weight excluding hydrogens is 325 g/mol. The van der Waals surface area contributed by atoms with Crippen LogP contribution in [0.3, 0.4) is 0 Å². The van der Waals surface area contributed by atoms with Crippen LogP contribution in [0, 0.1) is 5.82 Å². The molecule has 3 rings (SSSR count). The predicted octanol–water partition coefficient (Wildman–Crippen LogP) is 2.62.